The van der Waals surface area contributed by atoms with Crippen LogP contribution in [0.25, 0.3) is 0 Å². The van der Waals surface area contributed by atoms with Crippen molar-refractivity contribution in [3.05, 3.63) is 33.5 Å². The van der Waals surface area contributed by atoms with E-state index < -0.39 is 0 Å². The van der Waals surface area contributed by atoms with Gasteiger partial charge in [-0.2, -0.15) is 5.10 Å². The molecule has 0 bridgehead atoms. The van der Waals surface area contributed by atoms with Gasteiger partial charge in [0.25, 0.3) is 0 Å². The van der Waals surface area contributed by atoms with E-state index >= 15 is 0 Å². The summed E-state index contributed by atoms with van der Waals surface area (Å²) < 4.78 is 1.79. The number of hydrogen-bond acceptors (Lipinski definition) is 4. The van der Waals surface area contributed by atoms with Gasteiger partial charge in [0.15, 0.2) is 5.78 Å². The van der Waals surface area contributed by atoms with Crippen molar-refractivity contribution < 1.29 is 4.79 Å². The van der Waals surface area contributed by atoms with Crippen molar-refractivity contribution >= 4 is 17.1 Å². The minimum Gasteiger partial charge on any atom is -0.293 e. The van der Waals surface area contributed by atoms with Crippen molar-refractivity contribution in [1.82, 2.24) is 14.8 Å². The number of Topliss-reactive ketones (excluding diaryl/α,β-unsaturated/α-hetero) is 1. The van der Waals surface area contributed by atoms with E-state index in [0.717, 1.165) is 30.1 Å². The summed E-state index contributed by atoms with van der Waals surface area (Å²) in [4.78, 5) is 18.9. The molecule has 0 amide bonds. The molecule has 4 nitrogen and oxygen atoms in total. The van der Waals surface area contributed by atoms with E-state index in [2.05, 4.69) is 16.1 Å². The molecule has 0 saturated carbocycles. The van der Waals surface area contributed by atoms with Gasteiger partial charge < -0.3 is 0 Å². The molecule has 106 valence electrons. The number of hydrogen-bond donors (Lipinski definition) is 0. The van der Waals surface area contributed by atoms with Crippen LogP contribution in [0.1, 0.15) is 52.1 Å². The molecule has 0 N–H and O–H groups in total. The second kappa shape index (κ2) is 5.87. The maximum Gasteiger partial charge on any atom is 0.180 e. The number of carbonyl (C=O) groups excluding carboxylic acids is 1. The number of thiophene rings is 1. The third-order valence-electron chi connectivity index (χ3n) is 3.84. The van der Waals surface area contributed by atoms with E-state index in [-0.39, 0.29) is 5.78 Å². The molecule has 3 rings (SSSR count). The van der Waals surface area contributed by atoms with Crippen LogP contribution in [0.3, 0.4) is 0 Å². The van der Waals surface area contributed by atoms with E-state index in [9.17, 15) is 4.79 Å². The Morgan fingerprint density at radius 2 is 2.20 bits per heavy atom. The lowest BCUT2D eigenvalue weighted by molar-refractivity contribution is 0.0993. The van der Waals surface area contributed by atoms with E-state index in [1.807, 2.05) is 6.92 Å². The van der Waals surface area contributed by atoms with Crippen molar-refractivity contribution in [3.63, 3.8) is 0 Å². The second-order valence-corrected chi connectivity index (χ2v) is 6.35. The first-order chi connectivity index (χ1) is 9.78. The maximum absolute atomic E-state index is 12.4. The lowest BCUT2D eigenvalue weighted by Gasteiger charge is -2.01. The molecule has 1 aliphatic carbocycles. The zero-order valence-electron chi connectivity index (χ0n) is 11.8. The van der Waals surface area contributed by atoms with Crippen LogP contribution in [0.15, 0.2) is 12.4 Å². The fourth-order valence-corrected chi connectivity index (χ4v) is 3.92. The molecule has 0 saturated heterocycles. The average Bonchev–Trinajstić information content (AvgIpc) is 3.00. The summed E-state index contributed by atoms with van der Waals surface area (Å²) in [6.45, 7) is 2.76. The molecule has 0 atom stereocenters. The van der Waals surface area contributed by atoms with Gasteiger partial charge in [-0.3, -0.25) is 4.79 Å². The van der Waals surface area contributed by atoms with E-state index in [4.69, 9.17) is 0 Å². The molecule has 20 heavy (non-hydrogen) atoms. The molecule has 0 fully saturated rings. The Balaban J connectivity index is 1.77. The lowest BCUT2D eigenvalue weighted by atomic mass is 10.1. The Hall–Kier alpha value is -1.49. The fraction of sp³-hybridized carbons (Fsp3) is 0.533. The van der Waals surface area contributed by atoms with E-state index in [1.54, 1.807) is 16.0 Å². The number of carbonyl (C=O) groups is 1. The van der Waals surface area contributed by atoms with Crippen LogP contribution < -0.4 is 0 Å². The molecule has 0 aliphatic heterocycles. The SMILES string of the molecule is CCn1ncnc1CC(=O)c1cc2c(s1)CCCCC2. The summed E-state index contributed by atoms with van der Waals surface area (Å²) in [5.41, 5.74) is 1.40. The van der Waals surface area contributed by atoms with Gasteiger partial charge in [-0.15, -0.1) is 11.3 Å². The van der Waals surface area contributed by atoms with Crippen LogP contribution in [0, 0.1) is 0 Å². The molecular formula is C15H19N3OS. The molecule has 0 radical (unpaired) electrons. The first kappa shape index (κ1) is 13.5. The molecule has 2 aromatic rings. The molecule has 2 heterocycles. The summed E-state index contributed by atoms with van der Waals surface area (Å²) in [5, 5.41) is 4.12. The van der Waals surface area contributed by atoms with Crippen LogP contribution in [0.5, 0.6) is 0 Å². The fourth-order valence-electron chi connectivity index (χ4n) is 2.72. The molecule has 5 heteroatoms. The Morgan fingerprint density at radius 1 is 1.35 bits per heavy atom. The van der Waals surface area contributed by atoms with Gasteiger partial charge in [0, 0.05) is 11.4 Å². The van der Waals surface area contributed by atoms with Crippen molar-refractivity contribution in [1.29, 1.82) is 0 Å². The van der Waals surface area contributed by atoms with Crippen molar-refractivity contribution in [2.45, 2.75) is 52.0 Å². The standard InChI is InChI=1S/C15H19N3OS/c1-2-18-15(16-10-17-18)9-12(19)14-8-11-6-4-3-5-7-13(11)20-14/h8,10H,2-7,9H2,1H3. The summed E-state index contributed by atoms with van der Waals surface area (Å²) in [6.07, 6.45) is 7.96. The minimum atomic E-state index is 0.172. The highest BCUT2D eigenvalue weighted by Gasteiger charge is 2.18. The van der Waals surface area contributed by atoms with E-state index in [0.29, 0.717) is 6.42 Å². The molecular weight excluding hydrogens is 270 g/mol. The summed E-state index contributed by atoms with van der Waals surface area (Å²) in [7, 11) is 0. The molecule has 0 unspecified atom stereocenters. The largest absolute Gasteiger partial charge is 0.293 e. The number of nitrogens with zero attached hydrogens (tertiary/aromatic N) is 3. The first-order valence-corrected chi connectivity index (χ1v) is 8.11. The lowest BCUT2D eigenvalue weighted by Crippen LogP contribution is -2.09. The number of rotatable bonds is 4. The first-order valence-electron chi connectivity index (χ1n) is 7.29. The zero-order chi connectivity index (χ0) is 13.9. The van der Waals surface area contributed by atoms with Gasteiger partial charge >= 0.3 is 0 Å². The smallest absolute Gasteiger partial charge is 0.180 e. The van der Waals surface area contributed by atoms with Crippen LogP contribution >= 0.6 is 11.3 Å². The predicted molar refractivity (Wildman–Crippen MR) is 79.3 cm³/mol. The zero-order valence-corrected chi connectivity index (χ0v) is 12.6. The summed E-state index contributed by atoms with van der Waals surface area (Å²) >= 11 is 1.69. The number of ketones is 1. The Labute approximate surface area is 122 Å². The van der Waals surface area contributed by atoms with Gasteiger partial charge in [0.2, 0.25) is 0 Å². The highest BCUT2D eigenvalue weighted by atomic mass is 32.1. The van der Waals surface area contributed by atoms with Crippen LogP contribution in [0.2, 0.25) is 0 Å². The Bertz CT molecular complexity index is 591. The van der Waals surface area contributed by atoms with E-state index in [1.165, 1.54) is 36.0 Å². The minimum absolute atomic E-state index is 0.172. The van der Waals surface area contributed by atoms with Crippen LogP contribution in [-0.2, 0) is 25.8 Å². The highest BCUT2D eigenvalue weighted by molar-refractivity contribution is 7.14. The van der Waals surface area contributed by atoms with Gasteiger partial charge in [0.05, 0.1) is 11.3 Å². The van der Waals surface area contributed by atoms with Crippen LogP contribution in [-0.4, -0.2) is 20.5 Å². The topological polar surface area (TPSA) is 47.8 Å². The van der Waals surface area contributed by atoms with Gasteiger partial charge in [0.1, 0.15) is 12.2 Å². The molecule has 0 spiro atoms. The van der Waals surface area contributed by atoms with Gasteiger partial charge in [-0.1, -0.05) is 6.42 Å². The highest BCUT2D eigenvalue weighted by Crippen LogP contribution is 2.29. The summed E-state index contributed by atoms with van der Waals surface area (Å²) in [6, 6.07) is 2.11. The number of aromatic nitrogens is 3. The van der Waals surface area contributed by atoms with Crippen molar-refractivity contribution in [2.75, 3.05) is 0 Å². The second-order valence-electron chi connectivity index (χ2n) is 5.21. The van der Waals surface area contributed by atoms with Crippen LogP contribution in [0.4, 0.5) is 0 Å². The Kier molecular flexibility index (Phi) is 3.96. The monoisotopic (exact) mass is 289 g/mol. The third kappa shape index (κ3) is 2.68. The van der Waals surface area contributed by atoms with Crippen molar-refractivity contribution in [3.8, 4) is 0 Å². The molecule has 0 aromatic carbocycles. The number of aryl methyl sites for hydroxylation is 3. The summed E-state index contributed by atoms with van der Waals surface area (Å²) in [5.74, 6) is 0.937. The third-order valence-corrected chi connectivity index (χ3v) is 5.11. The van der Waals surface area contributed by atoms with Crippen molar-refractivity contribution in [2.24, 2.45) is 0 Å². The molecule has 1 aliphatic rings. The van der Waals surface area contributed by atoms with Gasteiger partial charge in [-0.05, 0) is 44.2 Å². The average molecular weight is 289 g/mol. The maximum atomic E-state index is 12.4. The predicted octanol–water partition coefficient (Wildman–Crippen LogP) is 3.05. The number of fused-ring (bicyclic) bond motifs is 1. The normalized spacial score (nSPS) is 14.8. The quantitative estimate of drug-likeness (QED) is 0.642. The molecule has 2 aromatic heterocycles. The Morgan fingerprint density at radius 3 is 3.05 bits per heavy atom. The van der Waals surface area contributed by atoms with Gasteiger partial charge in [-0.25, -0.2) is 9.67 Å².